The van der Waals surface area contributed by atoms with Crippen molar-refractivity contribution in [1.82, 2.24) is 0 Å². The first-order valence-electron chi connectivity index (χ1n) is 17.2. The number of carbonyl (C=O) groups excluding carboxylic acids is 1. The molecular formula is C38H51ClF2O5S2. The molecule has 0 spiro atoms. The quantitative estimate of drug-likeness (QED) is 0.0522. The zero-order chi connectivity index (χ0) is 34.7. The van der Waals surface area contributed by atoms with E-state index in [1.807, 2.05) is 0 Å². The van der Waals surface area contributed by atoms with Crippen LogP contribution in [0, 0.1) is 6.92 Å². The molecule has 3 aromatic rings. The number of alkyl halides is 3. The van der Waals surface area contributed by atoms with E-state index in [1.165, 1.54) is 57.8 Å². The van der Waals surface area contributed by atoms with Gasteiger partial charge < -0.3 is 4.74 Å². The van der Waals surface area contributed by atoms with Gasteiger partial charge in [0.1, 0.15) is 0 Å². The number of carbonyl (C=O) groups is 1. The Balaban J connectivity index is 1.52. The number of hydrogen-bond donors (Lipinski definition) is 0. The van der Waals surface area contributed by atoms with Crippen molar-refractivity contribution in [3.63, 3.8) is 0 Å². The fourth-order valence-electron chi connectivity index (χ4n) is 5.63. The highest BCUT2D eigenvalue weighted by molar-refractivity contribution is 8.33. The molecule has 48 heavy (non-hydrogen) atoms. The van der Waals surface area contributed by atoms with Crippen molar-refractivity contribution < 1.29 is 30.4 Å². The third-order valence-electron chi connectivity index (χ3n) is 8.31. The van der Waals surface area contributed by atoms with Crippen molar-refractivity contribution in [2.24, 2.45) is 0 Å². The number of halogens is 3. The number of esters is 1. The van der Waals surface area contributed by atoms with Gasteiger partial charge in [0.05, 0.1) is 6.61 Å². The summed E-state index contributed by atoms with van der Waals surface area (Å²) in [5.74, 6) is -1.37. The molecule has 3 rings (SSSR count). The van der Waals surface area contributed by atoms with Crippen LogP contribution in [0.1, 0.15) is 102 Å². The minimum Gasteiger partial charge on any atom is -0.460 e. The summed E-state index contributed by atoms with van der Waals surface area (Å²) in [6, 6.07) is 23.7. The zero-order valence-corrected chi connectivity index (χ0v) is 30.5. The summed E-state index contributed by atoms with van der Waals surface area (Å²) in [6.45, 7) is 1.48. The predicted molar refractivity (Wildman–Crippen MR) is 192 cm³/mol. The van der Waals surface area contributed by atoms with Crippen LogP contribution in [0.5, 0.6) is 0 Å². The van der Waals surface area contributed by atoms with Crippen LogP contribution in [-0.2, 0) is 23.3 Å². The predicted octanol–water partition coefficient (Wildman–Crippen LogP) is 11.8. The van der Waals surface area contributed by atoms with E-state index in [0.717, 1.165) is 31.6 Å². The maximum atomic E-state index is 15.5. The Bertz CT molecular complexity index is 1420. The molecule has 0 saturated heterocycles. The smallest absolute Gasteiger partial charge is 0.460 e. The molecule has 0 N–H and O–H groups in total. The van der Waals surface area contributed by atoms with Crippen molar-refractivity contribution in [3.8, 4) is 0 Å². The molecule has 3 aromatic carbocycles. The first kappa shape index (κ1) is 40.0. The summed E-state index contributed by atoms with van der Waals surface area (Å²) in [4.78, 5) is 13.8. The maximum absolute atomic E-state index is 15.5. The highest BCUT2D eigenvalue weighted by Gasteiger charge is 2.59. The third-order valence-corrected chi connectivity index (χ3v) is 13.9. The van der Waals surface area contributed by atoms with Gasteiger partial charge in [-0.25, -0.2) is 8.42 Å². The van der Waals surface area contributed by atoms with Gasteiger partial charge in [-0.2, -0.15) is 17.2 Å². The van der Waals surface area contributed by atoms with Gasteiger partial charge in [0.25, 0.3) is 0 Å². The van der Waals surface area contributed by atoms with Gasteiger partial charge in [-0.05, 0) is 66.0 Å². The number of aryl methyl sites for hydroxylation is 1. The van der Waals surface area contributed by atoms with Crippen LogP contribution in [0.2, 0.25) is 0 Å². The summed E-state index contributed by atoms with van der Waals surface area (Å²) >= 11 is 5.71. The normalized spacial score (nSPS) is 12.6. The lowest BCUT2D eigenvalue weighted by molar-refractivity contribution is -0.161. The second kappa shape index (κ2) is 20.9. The van der Waals surface area contributed by atoms with Crippen molar-refractivity contribution >= 4 is 38.0 Å². The van der Waals surface area contributed by atoms with Crippen LogP contribution in [-0.4, -0.2) is 32.1 Å². The van der Waals surface area contributed by atoms with Crippen LogP contribution >= 0.6 is 21.9 Å². The summed E-state index contributed by atoms with van der Waals surface area (Å²) in [5.41, 5.74) is 0.654. The molecule has 0 aliphatic carbocycles. The molecule has 0 radical (unpaired) electrons. The van der Waals surface area contributed by atoms with Gasteiger partial charge in [0, 0.05) is 20.6 Å². The first-order chi connectivity index (χ1) is 23.2. The number of rotatable bonds is 24. The van der Waals surface area contributed by atoms with Crippen molar-refractivity contribution in [1.29, 1.82) is 0 Å². The molecule has 0 aromatic heterocycles. The van der Waals surface area contributed by atoms with Gasteiger partial charge in [-0.15, -0.1) is 11.6 Å². The van der Waals surface area contributed by atoms with Crippen LogP contribution in [0.25, 0.3) is 0 Å². The molecule has 0 unspecified atom stereocenters. The maximum Gasteiger partial charge on any atom is 0.466 e. The molecule has 0 bridgehead atoms. The van der Waals surface area contributed by atoms with Gasteiger partial charge >= 0.3 is 21.3 Å². The van der Waals surface area contributed by atoms with E-state index in [-0.39, 0.29) is 6.61 Å². The van der Waals surface area contributed by atoms with E-state index in [4.69, 9.17) is 20.0 Å². The number of unbranched alkanes of at least 4 members (excludes halogenated alkanes) is 14. The van der Waals surface area contributed by atoms with E-state index < -0.39 is 31.7 Å². The van der Waals surface area contributed by atoms with Crippen LogP contribution in [0.3, 0.4) is 0 Å². The Kier molecular flexibility index (Phi) is 17.4. The average Bonchev–Trinajstić information content (AvgIpc) is 3.09. The second-order valence-corrected chi connectivity index (χ2v) is 17.0. The highest BCUT2D eigenvalue weighted by atomic mass is 35.5. The zero-order valence-electron chi connectivity index (χ0n) is 28.1. The van der Waals surface area contributed by atoms with E-state index in [1.54, 1.807) is 91.9 Å². The lowest BCUT2D eigenvalue weighted by Gasteiger charge is -2.40. The molecule has 0 atom stereocenters. The standard InChI is InChI=1S/C38H51ClF2O5S2/c1-33-25-21-22-30-36(33)47(34-26-17-15-18-27-34,35-28-19-16-20-29-35)46-48(43,44)38(40,41)37(42)45-32-24-14-12-10-8-6-4-2-3-5-7-9-11-13-23-31-39/h15-22,25-30H,2-14,23-24,31-32H2,1H3. The molecule has 10 heteroatoms. The number of ether oxygens (including phenoxy) is 1. The Hall–Kier alpha value is -2.46. The van der Waals surface area contributed by atoms with Gasteiger partial charge in [-0.1, -0.05) is 138 Å². The number of hydrogen-bond acceptors (Lipinski definition) is 5. The molecule has 266 valence electrons. The summed E-state index contributed by atoms with van der Waals surface area (Å²) in [6.07, 6.45) is 16.5. The lowest BCUT2D eigenvalue weighted by Crippen LogP contribution is -2.41. The molecule has 0 aliphatic heterocycles. The Labute approximate surface area is 293 Å². The average molecular weight is 725 g/mol. The molecular weight excluding hydrogens is 674 g/mol. The van der Waals surface area contributed by atoms with E-state index in [9.17, 15) is 13.2 Å². The Morgan fingerprint density at radius 2 is 1.02 bits per heavy atom. The molecule has 0 fully saturated rings. The topological polar surface area (TPSA) is 69.7 Å². The number of benzene rings is 3. The largest absolute Gasteiger partial charge is 0.466 e. The van der Waals surface area contributed by atoms with E-state index >= 15 is 8.78 Å². The Morgan fingerprint density at radius 1 is 0.625 bits per heavy atom. The third kappa shape index (κ3) is 11.6. The molecule has 0 amide bonds. The molecule has 0 saturated carbocycles. The van der Waals surface area contributed by atoms with Gasteiger partial charge in [0.15, 0.2) is 0 Å². The van der Waals surface area contributed by atoms with Crippen molar-refractivity contribution in [2.75, 3.05) is 12.5 Å². The fraction of sp³-hybridized carbons (Fsp3) is 0.500. The van der Waals surface area contributed by atoms with Gasteiger partial charge in [0.2, 0.25) is 0 Å². The van der Waals surface area contributed by atoms with Crippen LogP contribution < -0.4 is 0 Å². The molecule has 0 aliphatic rings. The highest BCUT2D eigenvalue weighted by Crippen LogP contribution is 2.71. The second-order valence-electron chi connectivity index (χ2n) is 12.1. The van der Waals surface area contributed by atoms with Crippen molar-refractivity contribution in [3.05, 3.63) is 90.5 Å². The molecule has 0 heterocycles. The molecule has 5 nitrogen and oxygen atoms in total. The summed E-state index contributed by atoms with van der Waals surface area (Å²) in [7, 11) is -9.10. The first-order valence-corrected chi connectivity index (χ1v) is 20.7. The summed E-state index contributed by atoms with van der Waals surface area (Å²) < 4.78 is 68.5. The Morgan fingerprint density at radius 3 is 1.46 bits per heavy atom. The van der Waals surface area contributed by atoms with E-state index in [0.29, 0.717) is 33.1 Å². The van der Waals surface area contributed by atoms with Crippen LogP contribution in [0.15, 0.2) is 99.6 Å². The lowest BCUT2D eigenvalue weighted by atomic mass is 10.0. The summed E-state index contributed by atoms with van der Waals surface area (Å²) in [5, 5.41) is -4.91. The SMILES string of the molecule is Cc1ccccc1S(OS(=O)(=O)C(F)(F)C(=O)OCCCCCCCCCCCCCCCCCCl)(c1ccccc1)c1ccccc1. The van der Waals surface area contributed by atoms with E-state index in [2.05, 4.69) is 0 Å². The monoisotopic (exact) mass is 724 g/mol. The fourth-order valence-corrected chi connectivity index (χ4v) is 11.1. The van der Waals surface area contributed by atoms with Crippen molar-refractivity contribution in [2.45, 2.75) is 123 Å². The minimum atomic E-state index is -5.83. The van der Waals surface area contributed by atoms with Gasteiger partial charge in [-0.3, -0.25) is 0 Å². The minimum absolute atomic E-state index is 0.289. The van der Waals surface area contributed by atoms with Crippen LogP contribution in [0.4, 0.5) is 8.78 Å².